The standard InChI is InChI=1S/C7H14N2O2/c1-5-3-6(8-2)4-9(5)7(10)11/h5-6,8H,3-4H2,1-2H3,(H,10,11)/t5-,6-/m1/s1. The van der Waals surface area contributed by atoms with Gasteiger partial charge in [0.1, 0.15) is 0 Å². The van der Waals surface area contributed by atoms with Crippen molar-refractivity contribution in [2.24, 2.45) is 0 Å². The van der Waals surface area contributed by atoms with E-state index in [1.54, 1.807) is 0 Å². The van der Waals surface area contributed by atoms with Crippen molar-refractivity contribution in [1.82, 2.24) is 10.2 Å². The number of hydrogen-bond acceptors (Lipinski definition) is 2. The second-order valence-electron chi connectivity index (χ2n) is 3.01. The lowest BCUT2D eigenvalue weighted by Gasteiger charge is -2.16. The van der Waals surface area contributed by atoms with Crippen LogP contribution in [-0.4, -0.2) is 41.8 Å². The van der Waals surface area contributed by atoms with Gasteiger partial charge in [-0.3, -0.25) is 0 Å². The molecule has 1 rings (SSSR count). The highest BCUT2D eigenvalue weighted by molar-refractivity contribution is 5.65. The summed E-state index contributed by atoms with van der Waals surface area (Å²) in [5.41, 5.74) is 0. The van der Waals surface area contributed by atoms with E-state index in [2.05, 4.69) is 5.32 Å². The Morgan fingerprint density at radius 3 is 2.64 bits per heavy atom. The van der Waals surface area contributed by atoms with Gasteiger partial charge in [0, 0.05) is 18.6 Å². The lowest BCUT2D eigenvalue weighted by atomic mass is 10.2. The number of nitrogens with one attached hydrogen (secondary N) is 1. The molecule has 1 aliphatic heterocycles. The first-order chi connectivity index (χ1) is 5.15. The third-order valence-electron chi connectivity index (χ3n) is 2.23. The number of carboxylic acid groups (broad SMARTS) is 1. The molecule has 0 spiro atoms. The predicted octanol–water partition coefficient (Wildman–Crippen LogP) is 0.347. The number of carbonyl (C=O) groups is 1. The monoisotopic (exact) mass is 158 g/mol. The highest BCUT2D eigenvalue weighted by atomic mass is 16.4. The zero-order chi connectivity index (χ0) is 8.43. The van der Waals surface area contributed by atoms with Gasteiger partial charge < -0.3 is 15.3 Å². The topological polar surface area (TPSA) is 52.6 Å². The summed E-state index contributed by atoms with van der Waals surface area (Å²) in [6, 6.07) is 0.492. The molecule has 0 aromatic heterocycles. The van der Waals surface area contributed by atoms with E-state index in [9.17, 15) is 4.79 Å². The van der Waals surface area contributed by atoms with Gasteiger partial charge in [-0.15, -0.1) is 0 Å². The molecule has 0 aromatic rings. The van der Waals surface area contributed by atoms with E-state index in [1.807, 2.05) is 14.0 Å². The zero-order valence-corrected chi connectivity index (χ0v) is 6.87. The van der Waals surface area contributed by atoms with E-state index in [0.29, 0.717) is 12.6 Å². The van der Waals surface area contributed by atoms with Crippen molar-refractivity contribution in [3.63, 3.8) is 0 Å². The van der Waals surface area contributed by atoms with Crippen LogP contribution in [0.25, 0.3) is 0 Å². The third kappa shape index (κ3) is 1.63. The minimum atomic E-state index is -0.810. The average molecular weight is 158 g/mol. The molecule has 0 bridgehead atoms. The van der Waals surface area contributed by atoms with E-state index in [1.165, 1.54) is 4.90 Å². The van der Waals surface area contributed by atoms with Crippen molar-refractivity contribution in [2.75, 3.05) is 13.6 Å². The molecule has 0 aliphatic carbocycles. The summed E-state index contributed by atoms with van der Waals surface area (Å²) in [6.07, 6.45) is 0.109. The molecule has 0 radical (unpaired) electrons. The first kappa shape index (κ1) is 8.33. The van der Waals surface area contributed by atoms with Gasteiger partial charge in [0.25, 0.3) is 0 Å². The van der Waals surface area contributed by atoms with Gasteiger partial charge in [-0.1, -0.05) is 0 Å². The normalized spacial score (nSPS) is 30.9. The van der Waals surface area contributed by atoms with Gasteiger partial charge in [0.05, 0.1) is 0 Å². The summed E-state index contributed by atoms with van der Waals surface area (Å²) in [5.74, 6) is 0. The van der Waals surface area contributed by atoms with Crippen LogP contribution in [0.5, 0.6) is 0 Å². The molecule has 1 fully saturated rings. The summed E-state index contributed by atoms with van der Waals surface area (Å²) in [7, 11) is 1.86. The van der Waals surface area contributed by atoms with Gasteiger partial charge >= 0.3 is 6.09 Å². The van der Waals surface area contributed by atoms with Crippen LogP contribution in [-0.2, 0) is 0 Å². The van der Waals surface area contributed by atoms with Crippen LogP contribution < -0.4 is 5.32 Å². The van der Waals surface area contributed by atoms with Gasteiger partial charge in [-0.05, 0) is 20.4 Å². The maximum absolute atomic E-state index is 10.6. The van der Waals surface area contributed by atoms with Crippen molar-refractivity contribution in [1.29, 1.82) is 0 Å². The molecule has 1 heterocycles. The minimum Gasteiger partial charge on any atom is -0.465 e. The van der Waals surface area contributed by atoms with Gasteiger partial charge in [0.15, 0.2) is 0 Å². The quantitative estimate of drug-likeness (QED) is 0.579. The van der Waals surface area contributed by atoms with E-state index < -0.39 is 6.09 Å². The Balaban J connectivity index is 2.51. The minimum absolute atomic E-state index is 0.157. The largest absolute Gasteiger partial charge is 0.465 e. The molecule has 2 atom stereocenters. The molecule has 11 heavy (non-hydrogen) atoms. The number of amides is 1. The van der Waals surface area contributed by atoms with Crippen molar-refractivity contribution < 1.29 is 9.90 Å². The molecule has 0 unspecified atom stereocenters. The number of likely N-dealkylation sites (N-methyl/N-ethyl adjacent to an activating group) is 1. The molecular weight excluding hydrogens is 144 g/mol. The van der Waals surface area contributed by atoms with Crippen LogP contribution >= 0.6 is 0 Å². The Labute approximate surface area is 66.2 Å². The van der Waals surface area contributed by atoms with Crippen LogP contribution in [0, 0.1) is 0 Å². The highest BCUT2D eigenvalue weighted by Crippen LogP contribution is 2.16. The fourth-order valence-electron chi connectivity index (χ4n) is 1.51. The van der Waals surface area contributed by atoms with Gasteiger partial charge in [0.2, 0.25) is 0 Å². The highest BCUT2D eigenvalue weighted by Gasteiger charge is 2.30. The van der Waals surface area contributed by atoms with E-state index in [4.69, 9.17) is 5.11 Å². The fraction of sp³-hybridized carbons (Fsp3) is 0.857. The van der Waals surface area contributed by atoms with Crippen LogP contribution in [0.4, 0.5) is 4.79 Å². The SMILES string of the molecule is CN[C@@H]1C[C@@H](C)N(C(=O)O)C1. The predicted molar refractivity (Wildman–Crippen MR) is 41.7 cm³/mol. The first-order valence-electron chi connectivity index (χ1n) is 3.82. The molecule has 2 N–H and O–H groups in total. The van der Waals surface area contributed by atoms with Crippen molar-refractivity contribution in [3.05, 3.63) is 0 Å². The van der Waals surface area contributed by atoms with Crippen LogP contribution in [0.2, 0.25) is 0 Å². The van der Waals surface area contributed by atoms with Gasteiger partial charge in [-0.2, -0.15) is 0 Å². The van der Waals surface area contributed by atoms with Crippen molar-refractivity contribution in [3.8, 4) is 0 Å². The Hall–Kier alpha value is -0.770. The molecule has 1 saturated heterocycles. The van der Waals surface area contributed by atoms with Crippen LogP contribution in [0.15, 0.2) is 0 Å². The number of hydrogen-bond donors (Lipinski definition) is 2. The summed E-state index contributed by atoms with van der Waals surface area (Å²) < 4.78 is 0. The number of nitrogens with zero attached hydrogens (tertiary/aromatic N) is 1. The second-order valence-corrected chi connectivity index (χ2v) is 3.01. The summed E-state index contributed by atoms with van der Waals surface area (Å²) in [6.45, 7) is 2.55. The summed E-state index contributed by atoms with van der Waals surface area (Å²) >= 11 is 0. The Kier molecular flexibility index (Phi) is 2.34. The average Bonchev–Trinajstić information content (AvgIpc) is 2.30. The Morgan fingerprint density at radius 1 is 1.73 bits per heavy atom. The van der Waals surface area contributed by atoms with E-state index >= 15 is 0 Å². The maximum Gasteiger partial charge on any atom is 0.407 e. The molecule has 4 nitrogen and oxygen atoms in total. The van der Waals surface area contributed by atoms with Crippen LogP contribution in [0.1, 0.15) is 13.3 Å². The summed E-state index contributed by atoms with van der Waals surface area (Å²) in [5, 5.41) is 11.8. The van der Waals surface area contributed by atoms with Gasteiger partial charge in [-0.25, -0.2) is 4.79 Å². The number of rotatable bonds is 1. The lowest BCUT2D eigenvalue weighted by Crippen LogP contribution is -2.34. The third-order valence-corrected chi connectivity index (χ3v) is 2.23. The molecule has 4 heteroatoms. The molecule has 0 saturated carbocycles. The maximum atomic E-state index is 10.6. The second kappa shape index (κ2) is 3.09. The first-order valence-corrected chi connectivity index (χ1v) is 3.82. The van der Waals surface area contributed by atoms with E-state index in [0.717, 1.165) is 6.42 Å². The smallest absolute Gasteiger partial charge is 0.407 e. The molecular formula is C7H14N2O2. The molecule has 1 amide bonds. The van der Waals surface area contributed by atoms with E-state index in [-0.39, 0.29) is 6.04 Å². The lowest BCUT2D eigenvalue weighted by molar-refractivity contribution is 0.142. The fourth-order valence-corrected chi connectivity index (χ4v) is 1.51. The van der Waals surface area contributed by atoms with Crippen LogP contribution in [0.3, 0.4) is 0 Å². The van der Waals surface area contributed by atoms with Crippen molar-refractivity contribution >= 4 is 6.09 Å². The molecule has 1 aliphatic rings. The number of likely N-dealkylation sites (tertiary alicyclic amines) is 1. The Bertz CT molecular complexity index is 161. The summed E-state index contributed by atoms with van der Waals surface area (Å²) in [4.78, 5) is 12.0. The molecule has 0 aromatic carbocycles. The molecule has 64 valence electrons. The van der Waals surface area contributed by atoms with Crippen molar-refractivity contribution in [2.45, 2.75) is 25.4 Å². The Morgan fingerprint density at radius 2 is 2.36 bits per heavy atom. The zero-order valence-electron chi connectivity index (χ0n) is 6.87.